The molecule has 0 aromatic heterocycles. The Morgan fingerprint density at radius 2 is 1.00 bits per heavy atom. The van der Waals surface area contributed by atoms with Crippen LogP contribution >= 0.6 is 0 Å². The van der Waals surface area contributed by atoms with E-state index in [4.69, 9.17) is 0 Å². The van der Waals surface area contributed by atoms with E-state index in [0.29, 0.717) is 0 Å². The summed E-state index contributed by atoms with van der Waals surface area (Å²) in [6, 6.07) is 17.7. The van der Waals surface area contributed by atoms with Crippen molar-refractivity contribution in [2.24, 2.45) is 0 Å². The van der Waals surface area contributed by atoms with Crippen LogP contribution in [0.1, 0.15) is 65.5 Å². The molecule has 0 atom stereocenters. The SMILES string of the molecule is C1=Cc2cc3cc4ccccc4cc3cc2C=CC1.CC.CC.CCC. The predicted octanol–water partition coefficient (Wildman–Crippen LogP) is 8.89. The fraction of sp³-hybridized carbons (Fsp3) is 0.308. The van der Waals surface area contributed by atoms with Crippen LogP contribution in [0.25, 0.3) is 33.7 Å². The van der Waals surface area contributed by atoms with E-state index < -0.39 is 0 Å². The van der Waals surface area contributed by atoms with E-state index in [1.54, 1.807) is 0 Å². The van der Waals surface area contributed by atoms with Crippen molar-refractivity contribution in [1.82, 2.24) is 0 Å². The van der Waals surface area contributed by atoms with E-state index in [2.05, 4.69) is 86.7 Å². The smallest absolute Gasteiger partial charge is 0.0162 e. The van der Waals surface area contributed by atoms with Crippen LogP contribution in [0.5, 0.6) is 0 Å². The molecule has 1 aliphatic rings. The largest absolute Gasteiger partial charge is 0.0801 e. The van der Waals surface area contributed by atoms with Gasteiger partial charge in [-0.2, -0.15) is 0 Å². The van der Waals surface area contributed by atoms with Crippen LogP contribution in [0, 0.1) is 0 Å². The quantitative estimate of drug-likeness (QED) is 0.356. The molecular formula is C26H34. The standard InChI is InChI=1S/C19H14.C3H8.2C2H6/c1-2-6-14-10-18-12-16-8-4-5-9-17(16)13-19(18)11-15(14)7-3-1;1-3-2;2*1-2/h2-13H,1H2;3H2,1-2H3;2*1-2H3. The van der Waals surface area contributed by atoms with Gasteiger partial charge in [0, 0.05) is 0 Å². The summed E-state index contributed by atoms with van der Waals surface area (Å²) in [7, 11) is 0. The van der Waals surface area contributed by atoms with Gasteiger partial charge in [-0.3, -0.25) is 0 Å². The topological polar surface area (TPSA) is 0 Å². The van der Waals surface area contributed by atoms with Gasteiger partial charge in [0.1, 0.15) is 0 Å². The van der Waals surface area contributed by atoms with E-state index in [-0.39, 0.29) is 0 Å². The minimum atomic E-state index is 1.02. The summed E-state index contributed by atoms with van der Waals surface area (Å²) >= 11 is 0. The van der Waals surface area contributed by atoms with E-state index in [0.717, 1.165) is 6.42 Å². The Morgan fingerprint density at radius 1 is 0.615 bits per heavy atom. The first-order valence-corrected chi connectivity index (χ1v) is 10.1. The van der Waals surface area contributed by atoms with Crippen molar-refractivity contribution in [1.29, 1.82) is 0 Å². The Bertz CT molecular complexity index is 780. The van der Waals surface area contributed by atoms with Crippen LogP contribution in [0.2, 0.25) is 0 Å². The molecule has 1 aliphatic carbocycles. The minimum Gasteiger partial charge on any atom is -0.0801 e. The van der Waals surface area contributed by atoms with Crippen molar-refractivity contribution in [3.05, 3.63) is 71.8 Å². The molecule has 4 rings (SSSR count). The normalized spacial score (nSPS) is 11.2. The molecule has 3 aromatic rings. The van der Waals surface area contributed by atoms with Crippen molar-refractivity contribution >= 4 is 33.7 Å². The minimum absolute atomic E-state index is 1.02. The van der Waals surface area contributed by atoms with Crippen LogP contribution < -0.4 is 0 Å². The average molecular weight is 347 g/mol. The lowest BCUT2D eigenvalue weighted by atomic mass is 9.98. The molecular weight excluding hydrogens is 312 g/mol. The van der Waals surface area contributed by atoms with Crippen LogP contribution in [-0.4, -0.2) is 0 Å². The van der Waals surface area contributed by atoms with Crippen LogP contribution in [-0.2, 0) is 0 Å². The zero-order valence-corrected chi connectivity index (χ0v) is 17.3. The van der Waals surface area contributed by atoms with E-state index in [1.165, 1.54) is 39.1 Å². The number of hydrogen-bond acceptors (Lipinski definition) is 0. The second-order valence-electron chi connectivity index (χ2n) is 5.78. The molecule has 0 nitrogen and oxygen atoms in total. The van der Waals surface area contributed by atoms with Gasteiger partial charge in [-0.1, -0.05) is 96.5 Å². The Labute approximate surface area is 160 Å². The lowest BCUT2D eigenvalue weighted by Gasteiger charge is -2.07. The van der Waals surface area contributed by atoms with Crippen molar-refractivity contribution in [3.8, 4) is 0 Å². The summed E-state index contributed by atoms with van der Waals surface area (Å²) < 4.78 is 0. The molecule has 0 spiro atoms. The second kappa shape index (κ2) is 12.1. The van der Waals surface area contributed by atoms with Gasteiger partial charge in [-0.25, -0.2) is 0 Å². The summed E-state index contributed by atoms with van der Waals surface area (Å²) in [6.45, 7) is 12.2. The Balaban J connectivity index is 0.000000431. The molecule has 0 heteroatoms. The van der Waals surface area contributed by atoms with Gasteiger partial charge in [-0.05, 0) is 63.4 Å². The van der Waals surface area contributed by atoms with Crippen molar-refractivity contribution in [2.75, 3.05) is 0 Å². The summed E-state index contributed by atoms with van der Waals surface area (Å²) in [4.78, 5) is 0. The third-order valence-corrected chi connectivity index (χ3v) is 3.77. The monoisotopic (exact) mass is 346 g/mol. The maximum atomic E-state index is 2.29. The van der Waals surface area contributed by atoms with E-state index >= 15 is 0 Å². The molecule has 138 valence electrons. The summed E-state index contributed by atoms with van der Waals surface area (Å²) in [5.41, 5.74) is 2.63. The highest BCUT2D eigenvalue weighted by Crippen LogP contribution is 2.28. The first kappa shape index (κ1) is 21.7. The molecule has 3 aromatic carbocycles. The number of allylic oxidation sites excluding steroid dienone is 2. The predicted molar refractivity (Wildman–Crippen MR) is 123 cm³/mol. The van der Waals surface area contributed by atoms with Crippen molar-refractivity contribution in [3.63, 3.8) is 0 Å². The van der Waals surface area contributed by atoms with E-state index in [1.807, 2.05) is 27.7 Å². The molecule has 0 fully saturated rings. The number of rotatable bonds is 0. The molecule has 0 N–H and O–H groups in total. The zero-order valence-electron chi connectivity index (χ0n) is 17.3. The van der Waals surface area contributed by atoms with Crippen LogP contribution in [0.3, 0.4) is 0 Å². The molecule has 0 saturated heterocycles. The molecule has 0 saturated carbocycles. The van der Waals surface area contributed by atoms with Gasteiger partial charge >= 0.3 is 0 Å². The van der Waals surface area contributed by atoms with Crippen LogP contribution in [0.4, 0.5) is 0 Å². The van der Waals surface area contributed by atoms with E-state index in [9.17, 15) is 0 Å². The highest BCUT2D eigenvalue weighted by molar-refractivity contribution is 6.00. The molecule has 0 bridgehead atoms. The number of benzene rings is 3. The third-order valence-electron chi connectivity index (χ3n) is 3.77. The summed E-state index contributed by atoms with van der Waals surface area (Å²) in [6.07, 6.45) is 11.2. The maximum Gasteiger partial charge on any atom is -0.0162 e. The first-order valence-electron chi connectivity index (χ1n) is 10.1. The third kappa shape index (κ3) is 5.59. The Morgan fingerprint density at radius 3 is 1.38 bits per heavy atom. The van der Waals surface area contributed by atoms with Crippen molar-refractivity contribution < 1.29 is 0 Å². The fourth-order valence-corrected chi connectivity index (χ4v) is 2.78. The first-order chi connectivity index (χ1) is 12.8. The van der Waals surface area contributed by atoms with Gasteiger partial charge in [0.05, 0.1) is 0 Å². The van der Waals surface area contributed by atoms with Gasteiger partial charge in [-0.15, -0.1) is 0 Å². The zero-order chi connectivity index (χ0) is 19.4. The second-order valence-corrected chi connectivity index (χ2v) is 5.78. The highest BCUT2D eigenvalue weighted by Gasteiger charge is 2.04. The summed E-state index contributed by atoms with van der Waals surface area (Å²) in [5, 5.41) is 5.25. The maximum absolute atomic E-state index is 2.29. The molecule has 0 amide bonds. The molecule has 0 radical (unpaired) electrons. The fourth-order valence-electron chi connectivity index (χ4n) is 2.78. The Hall–Kier alpha value is -2.34. The van der Waals surface area contributed by atoms with Crippen molar-refractivity contribution in [2.45, 2.75) is 54.4 Å². The summed E-state index contributed by atoms with van der Waals surface area (Å²) in [5.74, 6) is 0. The Kier molecular flexibility index (Phi) is 10.1. The van der Waals surface area contributed by atoms with Gasteiger partial charge in [0.25, 0.3) is 0 Å². The van der Waals surface area contributed by atoms with Gasteiger partial charge in [0.15, 0.2) is 0 Å². The van der Waals surface area contributed by atoms with Crippen LogP contribution in [0.15, 0.2) is 60.7 Å². The lowest BCUT2D eigenvalue weighted by Crippen LogP contribution is -1.83. The van der Waals surface area contributed by atoms with Gasteiger partial charge in [0.2, 0.25) is 0 Å². The number of hydrogen-bond donors (Lipinski definition) is 0. The lowest BCUT2D eigenvalue weighted by molar-refractivity contribution is 1.09. The van der Waals surface area contributed by atoms with Gasteiger partial charge < -0.3 is 0 Å². The highest BCUT2D eigenvalue weighted by atomic mass is 14.1. The molecule has 0 heterocycles. The molecule has 0 unspecified atom stereocenters. The molecule has 0 aliphatic heterocycles. The molecule has 26 heavy (non-hydrogen) atoms. The average Bonchev–Trinajstić information content (AvgIpc) is 2.93. The number of fused-ring (bicyclic) bond motifs is 3.